The lowest BCUT2D eigenvalue weighted by Gasteiger charge is -2.48. The van der Waals surface area contributed by atoms with Crippen molar-refractivity contribution in [1.82, 2.24) is 0 Å². The van der Waals surface area contributed by atoms with Crippen molar-refractivity contribution in [3.63, 3.8) is 0 Å². The maximum absolute atomic E-state index is 11.8. The Morgan fingerprint density at radius 3 is 2.65 bits per heavy atom. The third-order valence-electron chi connectivity index (χ3n) is 4.35. The van der Waals surface area contributed by atoms with Crippen molar-refractivity contribution in [2.75, 3.05) is 19.0 Å². The molecule has 0 N–H and O–H groups in total. The first kappa shape index (κ1) is 19.6. The van der Waals surface area contributed by atoms with Crippen LogP contribution in [0.25, 0.3) is 0 Å². The summed E-state index contributed by atoms with van der Waals surface area (Å²) in [5, 5.41) is -0.153. The van der Waals surface area contributed by atoms with Gasteiger partial charge in [0.15, 0.2) is 12.6 Å². The van der Waals surface area contributed by atoms with Crippen LogP contribution in [0.4, 0.5) is 0 Å². The SMILES string of the molecule is CCO[C@@H]1O[C@@H]2COC(c3ccccc3)O[C@H]2[C@H](OC(C)=O)[C@H]1SCC. The fourth-order valence-electron chi connectivity index (χ4n) is 3.32. The van der Waals surface area contributed by atoms with E-state index in [0.29, 0.717) is 13.2 Å². The highest BCUT2D eigenvalue weighted by molar-refractivity contribution is 7.99. The van der Waals surface area contributed by atoms with Gasteiger partial charge in [0.1, 0.15) is 18.3 Å². The van der Waals surface area contributed by atoms with Gasteiger partial charge in [-0.15, -0.1) is 11.8 Å². The number of carbonyl (C=O) groups excluding carboxylic acids is 1. The molecule has 0 spiro atoms. The van der Waals surface area contributed by atoms with Crippen LogP contribution in [0.2, 0.25) is 0 Å². The molecule has 0 bridgehead atoms. The molecule has 2 fully saturated rings. The van der Waals surface area contributed by atoms with Crippen molar-refractivity contribution in [3.05, 3.63) is 35.9 Å². The quantitative estimate of drug-likeness (QED) is 0.701. The van der Waals surface area contributed by atoms with Gasteiger partial charge in [0.25, 0.3) is 0 Å². The number of hydrogen-bond donors (Lipinski definition) is 0. The minimum Gasteiger partial charge on any atom is -0.458 e. The molecular weight excluding hydrogens is 356 g/mol. The zero-order chi connectivity index (χ0) is 18.5. The van der Waals surface area contributed by atoms with Gasteiger partial charge in [-0.2, -0.15) is 0 Å². The highest BCUT2D eigenvalue weighted by Gasteiger charge is 2.52. The van der Waals surface area contributed by atoms with Crippen LogP contribution >= 0.6 is 11.8 Å². The van der Waals surface area contributed by atoms with Crippen LogP contribution in [0.3, 0.4) is 0 Å². The molecule has 0 amide bonds. The molecule has 6 nitrogen and oxygen atoms in total. The van der Waals surface area contributed by atoms with Crippen LogP contribution in [-0.4, -0.2) is 54.8 Å². The maximum Gasteiger partial charge on any atom is 0.303 e. The minimum absolute atomic E-state index is 0.153. The van der Waals surface area contributed by atoms with Gasteiger partial charge in [0.2, 0.25) is 0 Å². The van der Waals surface area contributed by atoms with Gasteiger partial charge in [-0.1, -0.05) is 37.3 Å². The second-order valence-corrected chi connectivity index (χ2v) is 7.62. The topological polar surface area (TPSA) is 63.2 Å². The van der Waals surface area contributed by atoms with Crippen molar-refractivity contribution in [2.24, 2.45) is 0 Å². The summed E-state index contributed by atoms with van der Waals surface area (Å²) >= 11 is 1.66. The lowest BCUT2D eigenvalue weighted by atomic mass is 9.99. The van der Waals surface area contributed by atoms with Gasteiger partial charge in [-0.05, 0) is 12.7 Å². The number of benzene rings is 1. The average Bonchev–Trinajstić information content (AvgIpc) is 2.64. The molecule has 1 aromatic rings. The number of hydrogen-bond acceptors (Lipinski definition) is 7. The summed E-state index contributed by atoms with van der Waals surface area (Å²) in [5.74, 6) is 0.518. The Balaban J connectivity index is 1.83. The lowest BCUT2D eigenvalue weighted by Crippen LogP contribution is -2.62. The number of thioether (sulfide) groups is 1. The monoisotopic (exact) mass is 382 g/mol. The summed E-state index contributed by atoms with van der Waals surface area (Å²) in [6.45, 7) is 6.27. The van der Waals surface area contributed by atoms with Gasteiger partial charge >= 0.3 is 5.97 Å². The minimum atomic E-state index is -0.505. The second kappa shape index (κ2) is 9.19. The van der Waals surface area contributed by atoms with Crippen LogP contribution in [0.5, 0.6) is 0 Å². The zero-order valence-corrected chi connectivity index (χ0v) is 16.1. The van der Waals surface area contributed by atoms with Gasteiger partial charge in [-0.3, -0.25) is 4.79 Å². The van der Waals surface area contributed by atoms with E-state index in [0.717, 1.165) is 11.3 Å². The molecule has 26 heavy (non-hydrogen) atoms. The van der Waals surface area contributed by atoms with E-state index in [1.54, 1.807) is 11.8 Å². The van der Waals surface area contributed by atoms with E-state index in [2.05, 4.69) is 6.92 Å². The first-order chi connectivity index (χ1) is 12.6. The highest BCUT2D eigenvalue weighted by Crippen LogP contribution is 2.39. The van der Waals surface area contributed by atoms with Gasteiger partial charge in [0, 0.05) is 19.1 Å². The lowest BCUT2D eigenvalue weighted by molar-refractivity contribution is -0.335. The Morgan fingerprint density at radius 1 is 1.23 bits per heavy atom. The Labute approximate surface area is 158 Å². The van der Waals surface area contributed by atoms with Crippen molar-refractivity contribution < 1.29 is 28.5 Å². The molecule has 0 aromatic heterocycles. The molecule has 0 saturated carbocycles. The molecule has 1 unspecified atom stereocenters. The normalized spacial score (nSPS) is 34.1. The number of carbonyl (C=O) groups is 1. The number of ether oxygens (including phenoxy) is 5. The molecule has 2 saturated heterocycles. The van der Waals surface area contributed by atoms with Gasteiger partial charge < -0.3 is 23.7 Å². The summed E-state index contributed by atoms with van der Waals surface area (Å²) in [7, 11) is 0. The Kier molecular flexibility index (Phi) is 6.94. The Morgan fingerprint density at radius 2 is 2.00 bits per heavy atom. The second-order valence-electron chi connectivity index (χ2n) is 6.17. The van der Waals surface area contributed by atoms with Crippen LogP contribution in [-0.2, 0) is 28.5 Å². The van der Waals surface area contributed by atoms with E-state index in [1.165, 1.54) is 6.92 Å². The summed E-state index contributed by atoms with van der Waals surface area (Å²) < 4.78 is 29.6. The van der Waals surface area contributed by atoms with Crippen molar-refractivity contribution in [1.29, 1.82) is 0 Å². The summed E-state index contributed by atoms with van der Waals surface area (Å²) in [6, 6.07) is 9.74. The summed E-state index contributed by atoms with van der Waals surface area (Å²) in [6.07, 6.45) is -2.17. The van der Waals surface area contributed by atoms with Crippen molar-refractivity contribution in [3.8, 4) is 0 Å². The van der Waals surface area contributed by atoms with E-state index < -0.39 is 24.8 Å². The fourth-order valence-corrected chi connectivity index (χ4v) is 4.40. The standard InChI is InChI=1S/C19H26O6S/c1-4-21-19-17(26-5-2)16(23-12(3)20)15-14(24-19)11-22-18(25-15)13-9-7-6-8-10-13/h6-10,14-19H,4-5,11H2,1-3H3/t14-,15-,16+,17-,18?,19-/m1/s1. The first-order valence-corrected chi connectivity index (χ1v) is 10.1. The zero-order valence-electron chi connectivity index (χ0n) is 15.3. The van der Waals surface area contributed by atoms with E-state index in [-0.39, 0.29) is 17.3 Å². The molecule has 7 heteroatoms. The molecule has 2 aliphatic heterocycles. The van der Waals surface area contributed by atoms with Crippen LogP contribution < -0.4 is 0 Å². The molecule has 2 heterocycles. The van der Waals surface area contributed by atoms with Gasteiger partial charge in [0.05, 0.1) is 11.9 Å². The Bertz CT molecular complexity index is 583. The summed E-state index contributed by atoms with van der Waals surface area (Å²) in [5.41, 5.74) is 0.930. The maximum atomic E-state index is 11.8. The molecule has 0 aliphatic carbocycles. The van der Waals surface area contributed by atoms with Crippen LogP contribution in [0.1, 0.15) is 32.6 Å². The smallest absolute Gasteiger partial charge is 0.303 e. The first-order valence-electron chi connectivity index (χ1n) is 9.02. The molecule has 3 rings (SSSR count). The van der Waals surface area contributed by atoms with E-state index in [9.17, 15) is 4.79 Å². The molecule has 6 atom stereocenters. The summed E-state index contributed by atoms with van der Waals surface area (Å²) in [4.78, 5) is 11.8. The average molecular weight is 382 g/mol. The van der Waals surface area contributed by atoms with Crippen LogP contribution in [0, 0.1) is 0 Å². The van der Waals surface area contributed by atoms with Crippen molar-refractivity contribution in [2.45, 2.75) is 56.9 Å². The number of fused-ring (bicyclic) bond motifs is 1. The largest absolute Gasteiger partial charge is 0.458 e. The molecule has 2 aliphatic rings. The van der Waals surface area contributed by atoms with E-state index in [1.807, 2.05) is 37.3 Å². The Hall–Kier alpha value is -1.12. The third kappa shape index (κ3) is 4.40. The number of rotatable bonds is 6. The molecule has 144 valence electrons. The molecule has 0 radical (unpaired) electrons. The molecular formula is C19H26O6S. The predicted octanol–water partition coefficient (Wildman–Crippen LogP) is 2.92. The van der Waals surface area contributed by atoms with Crippen LogP contribution in [0.15, 0.2) is 30.3 Å². The van der Waals surface area contributed by atoms with E-state index in [4.69, 9.17) is 23.7 Å². The molecule has 1 aromatic carbocycles. The van der Waals surface area contributed by atoms with Crippen molar-refractivity contribution >= 4 is 17.7 Å². The predicted molar refractivity (Wildman–Crippen MR) is 97.8 cm³/mol. The highest BCUT2D eigenvalue weighted by atomic mass is 32.2. The fraction of sp³-hybridized carbons (Fsp3) is 0.632. The van der Waals surface area contributed by atoms with Gasteiger partial charge in [-0.25, -0.2) is 0 Å². The van der Waals surface area contributed by atoms with E-state index >= 15 is 0 Å². The third-order valence-corrected chi connectivity index (χ3v) is 5.56. The number of esters is 1.